The predicted molar refractivity (Wildman–Crippen MR) is 95.3 cm³/mol. The van der Waals surface area contributed by atoms with E-state index < -0.39 is 0 Å². The third-order valence-electron chi connectivity index (χ3n) is 4.09. The number of hydrogen-bond acceptors (Lipinski definition) is 2. The van der Waals surface area contributed by atoms with Gasteiger partial charge in [0.1, 0.15) is 5.75 Å². The van der Waals surface area contributed by atoms with Gasteiger partial charge in [0.2, 0.25) is 0 Å². The lowest BCUT2D eigenvalue weighted by Gasteiger charge is -2.22. The first-order chi connectivity index (χ1) is 10.0. The van der Waals surface area contributed by atoms with Crippen LogP contribution in [0.1, 0.15) is 22.6 Å². The Morgan fingerprint density at radius 3 is 2.86 bits per heavy atom. The molecule has 0 spiro atoms. The summed E-state index contributed by atoms with van der Waals surface area (Å²) in [6, 6.07) is 12.4. The lowest BCUT2D eigenvalue weighted by atomic mass is 9.88. The van der Waals surface area contributed by atoms with E-state index in [2.05, 4.69) is 58.8 Å². The fraction of sp³-hybridized carbons (Fsp3) is 0.294. The van der Waals surface area contributed by atoms with Gasteiger partial charge < -0.3 is 10.0 Å². The van der Waals surface area contributed by atoms with Crippen molar-refractivity contribution in [2.45, 2.75) is 12.3 Å². The molecule has 2 nitrogen and oxygen atoms in total. The summed E-state index contributed by atoms with van der Waals surface area (Å²) in [4.78, 5) is 2.34. The number of fused-ring (bicyclic) bond motifs is 1. The highest BCUT2D eigenvalue weighted by Gasteiger charge is 2.24. The maximum atomic E-state index is 10.0. The van der Waals surface area contributed by atoms with Crippen LogP contribution in [-0.2, 0) is 6.42 Å². The third-order valence-corrected chi connectivity index (χ3v) is 5.07. The van der Waals surface area contributed by atoms with Crippen molar-refractivity contribution >= 4 is 34.2 Å². The van der Waals surface area contributed by atoms with E-state index in [1.165, 1.54) is 20.3 Å². The van der Waals surface area contributed by atoms with Crippen LogP contribution in [0.2, 0.25) is 5.02 Å². The summed E-state index contributed by atoms with van der Waals surface area (Å²) in [5.41, 5.74) is 3.73. The van der Waals surface area contributed by atoms with E-state index in [1.54, 1.807) is 0 Å². The number of hydrogen-bond donors (Lipinski definition) is 1. The Balaban J connectivity index is 2.13. The smallest absolute Gasteiger partial charge is 0.134 e. The molecule has 3 rings (SSSR count). The molecule has 1 aliphatic rings. The molecule has 110 valence electrons. The molecule has 0 amide bonds. The number of aromatic hydroxyl groups is 1. The number of phenols is 1. The first-order valence-corrected chi connectivity index (χ1v) is 8.45. The second kappa shape index (κ2) is 6.15. The SMILES string of the molecule is CN1CCc2cc(Cl)c(O)cc2[C@H](c2cccc(I)c2)C1. The average Bonchev–Trinajstić information content (AvgIpc) is 2.60. The lowest BCUT2D eigenvalue weighted by Crippen LogP contribution is -2.24. The number of nitrogens with zero attached hydrogens (tertiary/aromatic N) is 1. The standard InChI is InChI=1S/C17H17ClINO/c1-20-6-5-12-8-16(18)17(21)9-14(12)15(10-20)11-3-2-4-13(19)7-11/h2-4,7-9,15,21H,5-6,10H2,1H3/t15-/m0/s1. The topological polar surface area (TPSA) is 23.5 Å². The van der Waals surface area contributed by atoms with E-state index in [-0.39, 0.29) is 11.7 Å². The van der Waals surface area contributed by atoms with Gasteiger partial charge >= 0.3 is 0 Å². The van der Waals surface area contributed by atoms with Gasteiger partial charge in [-0.25, -0.2) is 0 Å². The van der Waals surface area contributed by atoms with Crippen molar-refractivity contribution in [3.05, 3.63) is 61.7 Å². The summed E-state index contributed by atoms with van der Waals surface area (Å²) in [5, 5.41) is 10.4. The molecule has 0 saturated heterocycles. The molecule has 0 aliphatic carbocycles. The minimum atomic E-state index is 0.176. The van der Waals surface area contributed by atoms with Crippen molar-refractivity contribution in [1.29, 1.82) is 0 Å². The van der Waals surface area contributed by atoms with Crippen LogP contribution in [0.15, 0.2) is 36.4 Å². The number of halogens is 2. The fourth-order valence-corrected chi connectivity index (χ4v) is 3.73. The van der Waals surface area contributed by atoms with Crippen molar-refractivity contribution in [2.24, 2.45) is 0 Å². The van der Waals surface area contributed by atoms with Crippen LogP contribution in [0.25, 0.3) is 0 Å². The van der Waals surface area contributed by atoms with Crippen LogP contribution in [0.3, 0.4) is 0 Å². The van der Waals surface area contributed by atoms with Gasteiger partial charge in [0.15, 0.2) is 0 Å². The Labute approximate surface area is 143 Å². The lowest BCUT2D eigenvalue weighted by molar-refractivity contribution is 0.338. The number of benzene rings is 2. The monoisotopic (exact) mass is 413 g/mol. The molecule has 1 N–H and O–H groups in total. The maximum Gasteiger partial charge on any atom is 0.134 e. The predicted octanol–water partition coefficient (Wildman–Crippen LogP) is 4.27. The van der Waals surface area contributed by atoms with E-state index in [9.17, 15) is 5.11 Å². The van der Waals surface area contributed by atoms with Crippen molar-refractivity contribution in [3.8, 4) is 5.75 Å². The van der Waals surface area contributed by atoms with Gasteiger partial charge in [0, 0.05) is 22.6 Å². The highest BCUT2D eigenvalue weighted by molar-refractivity contribution is 14.1. The first kappa shape index (κ1) is 15.1. The Morgan fingerprint density at radius 2 is 2.10 bits per heavy atom. The molecule has 2 aromatic rings. The van der Waals surface area contributed by atoms with Gasteiger partial charge in [-0.2, -0.15) is 0 Å². The number of rotatable bonds is 1. The minimum absolute atomic E-state index is 0.176. The second-order valence-corrected chi connectivity index (χ2v) is 7.28. The molecule has 2 aromatic carbocycles. The van der Waals surface area contributed by atoms with E-state index in [4.69, 9.17) is 11.6 Å². The highest BCUT2D eigenvalue weighted by atomic mass is 127. The van der Waals surface area contributed by atoms with Crippen LogP contribution >= 0.6 is 34.2 Å². The Bertz CT molecular complexity index is 674. The summed E-state index contributed by atoms with van der Waals surface area (Å²) in [7, 11) is 2.15. The van der Waals surface area contributed by atoms with Gasteiger partial charge in [0.25, 0.3) is 0 Å². The zero-order valence-corrected chi connectivity index (χ0v) is 14.7. The molecule has 0 bridgehead atoms. The summed E-state index contributed by atoms with van der Waals surface area (Å²) in [5.74, 6) is 0.445. The maximum absolute atomic E-state index is 10.0. The van der Waals surface area contributed by atoms with E-state index in [0.29, 0.717) is 5.02 Å². The first-order valence-electron chi connectivity index (χ1n) is 7.00. The van der Waals surface area contributed by atoms with Gasteiger partial charge in [-0.15, -0.1) is 0 Å². The molecular weight excluding hydrogens is 397 g/mol. The molecule has 1 atom stereocenters. The molecule has 1 aliphatic heterocycles. The molecule has 0 saturated carbocycles. The van der Waals surface area contributed by atoms with Crippen LogP contribution in [-0.4, -0.2) is 30.1 Å². The second-order valence-electron chi connectivity index (χ2n) is 5.62. The zero-order valence-electron chi connectivity index (χ0n) is 11.8. The Morgan fingerprint density at radius 1 is 1.29 bits per heavy atom. The normalized spacial score (nSPS) is 19.1. The molecular formula is C17H17ClINO. The highest BCUT2D eigenvalue weighted by Crippen LogP contribution is 2.36. The van der Waals surface area contributed by atoms with E-state index in [1.807, 2.05) is 12.1 Å². The van der Waals surface area contributed by atoms with E-state index >= 15 is 0 Å². The van der Waals surface area contributed by atoms with Gasteiger partial charge in [0.05, 0.1) is 5.02 Å². The van der Waals surface area contributed by atoms with Crippen LogP contribution in [0, 0.1) is 3.57 Å². The third kappa shape index (κ3) is 3.20. The summed E-state index contributed by atoms with van der Waals surface area (Å²) < 4.78 is 1.23. The van der Waals surface area contributed by atoms with Gasteiger partial charge in [-0.1, -0.05) is 23.7 Å². The van der Waals surface area contributed by atoms with Crippen molar-refractivity contribution in [1.82, 2.24) is 4.90 Å². The van der Waals surface area contributed by atoms with Gasteiger partial charge in [-0.05, 0) is 77.0 Å². The van der Waals surface area contributed by atoms with Crippen LogP contribution < -0.4 is 0 Å². The average molecular weight is 414 g/mol. The Hall–Kier alpha value is -0.780. The summed E-state index contributed by atoms with van der Waals surface area (Å²) >= 11 is 8.43. The Kier molecular flexibility index (Phi) is 4.43. The zero-order chi connectivity index (χ0) is 15.0. The van der Waals surface area contributed by atoms with Crippen LogP contribution in [0.4, 0.5) is 0 Å². The number of likely N-dealkylation sites (N-methyl/N-ethyl adjacent to an activating group) is 1. The number of phenolic OH excluding ortho intramolecular Hbond substituents is 1. The van der Waals surface area contributed by atoms with Crippen molar-refractivity contribution in [2.75, 3.05) is 20.1 Å². The minimum Gasteiger partial charge on any atom is -0.506 e. The molecule has 1 heterocycles. The summed E-state index contributed by atoms with van der Waals surface area (Å²) in [6.45, 7) is 1.96. The largest absolute Gasteiger partial charge is 0.506 e. The molecule has 0 aromatic heterocycles. The summed E-state index contributed by atoms with van der Waals surface area (Å²) in [6.07, 6.45) is 0.965. The molecule has 0 fully saturated rings. The molecule has 0 unspecified atom stereocenters. The van der Waals surface area contributed by atoms with Crippen molar-refractivity contribution < 1.29 is 5.11 Å². The quantitative estimate of drug-likeness (QED) is 0.706. The van der Waals surface area contributed by atoms with Gasteiger partial charge in [-0.3, -0.25) is 0 Å². The van der Waals surface area contributed by atoms with Crippen LogP contribution in [0.5, 0.6) is 5.75 Å². The van der Waals surface area contributed by atoms with Crippen molar-refractivity contribution in [3.63, 3.8) is 0 Å². The fourth-order valence-electron chi connectivity index (χ4n) is 2.98. The molecule has 21 heavy (non-hydrogen) atoms. The molecule has 0 radical (unpaired) electrons. The van der Waals surface area contributed by atoms with E-state index in [0.717, 1.165) is 19.5 Å². The molecule has 4 heteroatoms.